The molecule has 5 nitrogen and oxygen atoms in total. The number of halogens is 1. The number of hydrogen-bond acceptors (Lipinski definition) is 4. The molecule has 0 aliphatic heterocycles. The predicted molar refractivity (Wildman–Crippen MR) is 60.3 cm³/mol. The lowest BCUT2D eigenvalue weighted by Crippen LogP contribution is -2.21. The summed E-state index contributed by atoms with van der Waals surface area (Å²) in [6.07, 6.45) is -0.753. The number of aromatic carboxylic acids is 1. The zero-order chi connectivity index (χ0) is 12.1. The molecule has 0 aromatic heterocycles. The smallest absolute Gasteiger partial charge is 0.337 e. The minimum absolute atomic E-state index is 0.0539. The van der Waals surface area contributed by atoms with Crippen molar-refractivity contribution in [3.63, 3.8) is 0 Å². The molecule has 0 aliphatic carbocycles. The lowest BCUT2D eigenvalue weighted by molar-refractivity contribution is 0.0697. The zero-order valence-electron chi connectivity index (χ0n) is 8.35. The van der Waals surface area contributed by atoms with Crippen LogP contribution in [-0.4, -0.2) is 39.8 Å². The summed E-state index contributed by atoms with van der Waals surface area (Å²) in [7, 11) is 0. The number of carboxylic acid groups (broad SMARTS) is 1. The van der Waals surface area contributed by atoms with Gasteiger partial charge in [-0.25, -0.2) is 4.79 Å². The van der Waals surface area contributed by atoms with Crippen molar-refractivity contribution in [2.24, 2.45) is 0 Å². The number of benzene rings is 1. The first-order valence-electron chi connectivity index (χ1n) is 4.58. The monoisotopic (exact) mass is 245 g/mol. The highest BCUT2D eigenvalue weighted by molar-refractivity contribution is 6.18. The molecule has 1 atom stereocenters. The van der Waals surface area contributed by atoms with E-state index in [1.54, 1.807) is 0 Å². The van der Waals surface area contributed by atoms with Gasteiger partial charge in [-0.1, -0.05) is 0 Å². The van der Waals surface area contributed by atoms with Crippen LogP contribution in [0.15, 0.2) is 18.2 Å². The molecule has 6 heteroatoms. The van der Waals surface area contributed by atoms with Gasteiger partial charge >= 0.3 is 5.97 Å². The van der Waals surface area contributed by atoms with E-state index in [-0.39, 0.29) is 23.7 Å². The van der Waals surface area contributed by atoms with Gasteiger partial charge in [0, 0.05) is 12.2 Å². The number of carboxylic acids is 1. The molecule has 88 valence electrons. The topological polar surface area (TPSA) is 89.8 Å². The van der Waals surface area contributed by atoms with E-state index in [2.05, 4.69) is 5.32 Å². The van der Waals surface area contributed by atoms with E-state index in [9.17, 15) is 9.90 Å². The normalized spacial score (nSPS) is 12.1. The standard InChI is InChI=1S/C10H12ClNO4/c11-4-7(14)5-12-9-2-1-6(13)3-8(9)10(15)16/h1-3,7,12-14H,4-5H2,(H,15,16). The number of hydrogen-bond donors (Lipinski definition) is 4. The van der Waals surface area contributed by atoms with Crippen molar-refractivity contribution in [3.05, 3.63) is 23.8 Å². The van der Waals surface area contributed by atoms with Gasteiger partial charge in [0.15, 0.2) is 0 Å². The number of aliphatic hydroxyl groups is 1. The molecule has 0 saturated heterocycles. The molecule has 1 aromatic carbocycles. The Hall–Kier alpha value is -1.46. The lowest BCUT2D eigenvalue weighted by atomic mass is 10.1. The first-order chi connectivity index (χ1) is 7.54. The van der Waals surface area contributed by atoms with E-state index in [0.29, 0.717) is 5.69 Å². The Morgan fingerprint density at radius 2 is 2.19 bits per heavy atom. The highest BCUT2D eigenvalue weighted by Gasteiger charge is 2.11. The second-order valence-electron chi connectivity index (χ2n) is 3.22. The van der Waals surface area contributed by atoms with Crippen molar-refractivity contribution in [1.29, 1.82) is 0 Å². The van der Waals surface area contributed by atoms with Crippen molar-refractivity contribution in [1.82, 2.24) is 0 Å². The molecule has 0 radical (unpaired) electrons. The molecule has 4 N–H and O–H groups in total. The van der Waals surface area contributed by atoms with Gasteiger partial charge in [0.05, 0.1) is 17.5 Å². The molecule has 1 rings (SSSR count). The maximum absolute atomic E-state index is 10.8. The summed E-state index contributed by atoms with van der Waals surface area (Å²) in [6, 6.07) is 3.93. The third kappa shape index (κ3) is 3.29. The van der Waals surface area contributed by atoms with Gasteiger partial charge in [-0.05, 0) is 18.2 Å². The SMILES string of the molecule is O=C(O)c1cc(O)ccc1NCC(O)CCl. The van der Waals surface area contributed by atoms with Gasteiger partial charge in [0.25, 0.3) is 0 Å². The summed E-state index contributed by atoms with van der Waals surface area (Å²) in [4.78, 5) is 10.8. The molecule has 0 saturated carbocycles. The van der Waals surface area contributed by atoms with Crippen LogP contribution in [0.5, 0.6) is 5.75 Å². The van der Waals surface area contributed by atoms with Crippen LogP contribution in [0.4, 0.5) is 5.69 Å². The van der Waals surface area contributed by atoms with Crippen LogP contribution >= 0.6 is 11.6 Å². The maximum atomic E-state index is 10.8. The second-order valence-corrected chi connectivity index (χ2v) is 3.53. The summed E-state index contributed by atoms with van der Waals surface area (Å²) in [5, 5.41) is 30.0. The second kappa shape index (κ2) is 5.58. The van der Waals surface area contributed by atoms with Crippen LogP contribution in [-0.2, 0) is 0 Å². The van der Waals surface area contributed by atoms with E-state index in [0.717, 1.165) is 6.07 Å². The van der Waals surface area contributed by atoms with Crippen molar-refractivity contribution < 1.29 is 20.1 Å². The maximum Gasteiger partial charge on any atom is 0.337 e. The number of phenolic OH excluding ortho intramolecular Hbond substituents is 1. The number of anilines is 1. The zero-order valence-corrected chi connectivity index (χ0v) is 9.11. The Kier molecular flexibility index (Phi) is 4.39. The fourth-order valence-corrected chi connectivity index (χ4v) is 1.25. The van der Waals surface area contributed by atoms with Crippen LogP contribution in [0.2, 0.25) is 0 Å². The van der Waals surface area contributed by atoms with Gasteiger partial charge in [-0.2, -0.15) is 0 Å². The molecule has 0 aliphatic rings. The Morgan fingerprint density at radius 3 is 2.75 bits per heavy atom. The number of rotatable bonds is 5. The quantitative estimate of drug-likeness (QED) is 0.461. The number of alkyl halides is 1. The van der Waals surface area contributed by atoms with Gasteiger partial charge in [0.1, 0.15) is 5.75 Å². The fraction of sp³-hybridized carbons (Fsp3) is 0.300. The van der Waals surface area contributed by atoms with E-state index in [1.165, 1.54) is 12.1 Å². The van der Waals surface area contributed by atoms with E-state index < -0.39 is 12.1 Å². The molecule has 0 heterocycles. The van der Waals surface area contributed by atoms with Crippen LogP contribution in [0, 0.1) is 0 Å². The summed E-state index contributed by atoms with van der Waals surface area (Å²) in [5.41, 5.74) is 0.274. The number of aliphatic hydroxyl groups excluding tert-OH is 1. The van der Waals surface area contributed by atoms with E-state index in [4.69, 9.17) is 21.8 Å². The van der Waals surface area contributed by atoms with E-state index in [1.807, 2.05) is 0 Å². The number of nitrogens with one attached hydrogen (secondary N) is 1. The van der Waals surface area contributed by atoms with Crippen molar-refractivity contribution in [2.75, 3.05) is 17.7 Å². The first-order valence-corrected chi connectivity index (χ1v) is 5.12. The van der Waals surface area contributed by atoms with Crippen LogP contribution < -0.4 is 5.32 Å². The largest absolute Gasteiger partial charge is 0.508 e. The Labute approximate surface area is 97.3 Å². The number of phenols is 1. The molecule has 1 aromatic rings. The summed E-state index contributed by atoms with van der Waals surface area (Å²) in [6.45, 7) is 0.147. The van der Waals surface area contributed by atoms with Crippen molar-refractivity contribution in [3.8, 4) is 5.75 Å². The molecular formula is C10H12ClNO4. The number of carbonyl (C=O) groups is 1. The minimum atomic E-state index is -1.15. The molecular weight excluding hydrogens is 234 g/mol. The molecule has 1 unspecified atom stereocenters. The Balaban J connectivity index is 2.82. The average Bonchev–Trinajstić information content (AvgIpc) is 2.26. The molecule has 0 bridgehead atoms. The van der Waals surface area contributed by atoms with Gasteiger partial charge in [-0.3, -0.25) is 0 Å². The van der Waals surface area contributed by atoms with Crippen LogP contribution in [0.3, 0.4) is 0 Å². The lowest BCUT2D eigenvalue weighted by Gasteiger charge is -2.12. The minimum Gasteiger partial charge on any atom is -0.508 e. The summed E-state index contributed by atoms with van der Waals surface area (Å²) < 4.78 is 0. The van der Waals surface area contributed by atoms with Crippen molar-refractivity contribution in [2.45, 2.75) is 6.10 Å². The van der Waals surface area contributed by atoms with Gasteiger partial charge in [-0.15, -0.1) is 11.6 Å². The number of aromatic hydroxyl groups is 1. The Bertz CT molecular complexity index is 383. The van der Waals surface area contributed by atoms with Crippen LogP contribution in [0.25, 0.3) is 0 Å². The third-order valence-corrected chi connectivity index (χ3v) is 2.30. The average molecular weight is 246 g/mol. The first kappa shape index (κ1) is 12.6. The van der Waals surface area contributed by atoms with Crippen LogP contribution in [0.1, 0.15) is 10.4 Å². The molecule has 0 amide bonds. The molecule has 0 fully saturated rings. The van der Waals surface area contributed by atoms with E-state index >= 15 is 0 Å². The highest BCUT2D eigenvalue weighted by Crippen LogP contribution is 2.21. The fourth-order valence-electron chi connectivity index (χ4n) is 1.15. The van der Waals surface area contributed by atoms with Gasteiger partial charge < -0.3 is 20.6 Å². The molecule has 0 spiro atoms. The van der Waals surface area contributed by atoms with Crippen molar-refractivity contribution >= 4 is 23.3 Å². The Morgan fingerprint density at radius 1 is 1.50 bits per heavy atom. The molecule has 16 heavy (non-hydrogen) atoms. The predicted octanol–water partition coefficient (Wildman–Crippen LogP) is 1.10. The van der Waals surface area contributed by atoms with Gasteiger partial charge in [0.2, 0.25) is 0 Å². The summed E-state index contributed by atoms with van der Waals surface area (Å²) in [5.74, 6) is -1.22. The highest BCUT2D eigenvalue weighted by atomic mass is 35.5. The summed E-state index contributed by atoms with van der Waals surface area (Å²) >= 11 is 5.40. The third-order valence-electron chi connectivity index (χ3n) is 1.94.